The number of fused-ring (bicyclic) bond motifs is 1. The maximum absolute atomic E-state index is 12.2. The van der Waals surface area contributed by atoms with Crippen molar-refractivity contribution >= 4 is 30.1 Å². The third kappa shape index (κ3) is 5.31. The Morgan fingerprint density at radius 1 is 1.29 bits per heavy atom. The molecule has 4 rings (SSSR count). The zero-order valence-corrected chi connectivity index (χ0v) is 22.1. The van der Waals surface area contributed by atoms with Gasteiger partial charge in [0.1, 0.15) is 17.9 Å². The Morgan fingerprint density at radius 2 is 2.06 bits per heavy atom. The summed E-state index contributed by atoms with van der Waals surface area (Å²) in [7, 11) is -2.14. The average Bonchev–Trinajstić information content (AvgIpc) is 3.38. The molecule has 1 atom stereocenters. The number of pyridine rings is 1. The fourth-order valence-electron chi connectivity index (χ4n) is 4.14. The molecule has 11 heteroatoms. The summed E-state index contributed by atoms with van der Waals surface area (Å²) in [5.74, 6) is 0.583. The molecule has 0 spiro atoms. The van der Waals surface area contributed by atoms with Gasteiger partial charge >= 0.3 is 0 Å². The van der Waals surface area contributed by atoms with Crippen molar-refractivity contribution in [2.75, 3.05) is 25.4 Å². The molecule has 1 fully saturated rings. The standard InChI is InChI=1S/C23H32N6O2SSi.H2O/c1-5-32(30)28-16-23(17-28,8-9-24)29-14-19(13-26-29)21-15-27(18-31-11-12-33(2,3)4)22-20(21)7-6-10-25-22;/h6-7,10,13-15H,5,8,11-12,16-18H2,1-4H3;1H2. The number of aromatic nitrogens is 4. The third-order valence-electron chi connectivity index (χ3n) is 6.12. The second-order valence-corrected chi connectivity index (χ2v) is 17.2. The van der Waals surface area contributed by atoms with Crippen molar-refractivity contribution in [3.8, 4) is 17.2 Å². The number of nitrogens with zero attached hydrogens (tertiary/aromatic N) is 6. The normalized spacial score (nSPS) is 16.6. The lowest BCUT2D eigenvalue weighted by Crippen LogP contribution is -2.63. The Kier molecular flexibility index (Phi) is 8.10. The van der Waals surface area contributed by atoms with Gasteiger partial charge in [-0.1, -0.05) is 26.6 Å². The predicted octanol–water partition coefficient (Wildman–Crippen LogP) is 3.00. The van der Waals surface area contributed by atoms with Crippen molar-refractivity contribution in [3.63, 3.8) is 0 Å². The molecule has 4 heterocycles. The summed E-state index contributed by atoms with van der Waals surface area (Å²) in [6.45, 7) is 11.3. The van der Waals surface area contributed by atoms with Gasteiger partial charge in [0.2, 0.25) is 0 Å². The number of nitriles is 1. The second kappa shape index (κ2) is 10.5. The van der Waals surface area contributed by atoms with Crippen LogP contribution < -0.4 is 0 Å². The van der Waals surface area contributed by atoms with E-state index in [-0.39, 0.29) is 5.48 Å². The van der Waals surface area contributed by atoms with E-state index >= 15 is 0 Å². The first kappa shape index (κ1) is 26.2. The molecule has 9 nitrogen and oxygen atoms in total. The van der Waals surface area contributed by atoms with Gasteiger partial charge in [0, 0.05) is 68.6 Å². The maximum Gasteiger partial charge on any atom is 0.142 e. The molecule has 34 heavy (non-hydrogen) atoms. The number of hydrogen-bond donors (Lipinski definition) is 0. The summed E-state index contributed by atoms with van der Waals surface area (Å²) < 4.78 is 24.0. The van der Waals surface area contributed by atoms with Crippen molar-refractivity contribution in [2.24, 2.45) is 0 Å². The van der Waals surface area contributed by atoms with Gasteiger partial charge < -0.3 is 14.8 Å². The van der Waals surface area contributed by atoms with E-state index < -0.39 is 24.6 Å². The maximum atomic E-state index is 12.2. The number of rotatable bonds is 10. The molecule has 1 aliphatic heterocycles. The van der Waals surface area contributed by atoms with Crippen molar-refractivity contribution in [3.05, 3.63) is 36.9 Å². The van der Waals surface area contributed by atoms with Crippen LogP contribution in [0, 0.1) is 11.3 Å². The predicted molar refractivity (Wildman–Crippen MR) is 137 cm³/mol. The Labute approximate surface area is 204 Å². The van der Waals surface area contributed by atoms with Crippen LogP contribution >= 0.6 is 0 Å². The van der Waals surface area contributed by atoms with Crippen molar-refractivity contribution < 1.29 is 14.4 Å². The lowest BCUT2D eigenvalue weighted by molar-refractivity contribution is 0.0765. The molecule has 0 saturated carbocycles. The fourth-order valence-corrected chi connectivity index (χ4v) is 6.03. The molecule has 184 valence electrons. The molecule has 3 aromatic rings. The van der Waals surface area contributed by atoms with Crippen molar-refractivity contribution in [1.82, 2.24) is 23.6 Å². The van der Waals surface area contributed by atoms with Crippen LogP contribution in [-0.2, 0) is 28.0 Å². The molecule has 1 unspecified atom stereocenters. The summed E-state index contributed by atoms with van der Waals surface area (Å²) in [5, 5.41) is 15.1. The Morgan fingerprint density at radius 3 is 2.74 bits per heavy atom. The first-order valence-electron chi connectivity index (χ1n) is 11.3. The second-order valence-electron chi connectivity index (χ2n) is 9.88. The van der Waals surface area contributed by atoms with Crippen LogP contribution in [0.5, 0.6) is 0 Å². The highest BCUT2D eigenvalue weighted by Gasteiger charge is 2.47. The largest absolute Gasteiger partial charge is 0.412 e. The van der Waals surface area contributed by atoms with E-state index in [0.29, 0.717) is 32.0 Å². The molecule has 1 saturated heterocycles. The molecular formula is C23H34N6O3SSi. The highest BCUT2D eigenvalue weighted by atomic mass is 32.2. The van der Waals surface area contributed by atoms with Gasteiger partial charge in [-0.05, 0) is 18.2 Å². The van der Waals surface area contributed by atoms with E-state index in [0.717, 1.165) is 34.8 Å². The molecule has 0 aliphatic carbocycles. The molecule has 0 aromatic carbocycles. The molecule has 3 aromatic heterocycles. The van der Waals surface area contributed by atoms with Gasteiger partial charge in [0.25, 0.3) is 0 Å². The first-order valence-corrected chi connectivity index (χ1v) is 16.3. The van der Waals surface area contributed by atoms with Crippen LogP contribution in [0.4, 0.5) is 0 Å². The molecule has 0 radical (unpaired) electrons. The number of hydrogen-bond acceptors (Lipinski definition) is 5. The summed E-state index contributed by atoms with van der Waals surface area (Å²) in [5.41, 5.74) is 2.46. The van der Waals surface area contributed by atoms with Crippen LogP contribution in [0.3, 0.4) is 0 Å². The Balaban J connectivity index is 0.00000324. The molecule has 0 bridgehead atoms. The SMILES string of the molecule is CCS(=O)N1CC(CC#N)(n2cc(-c3cn(COCC[Si](C)(C)C)c4ncccc34)cn2)C1.O. The van der Waals surface area contributed by atoms with E-state index in [1.54, 1.807) is 6.20 Å². The van der Waals surface area contributed by atoms with Gasteiger partial charge in [0.05, 0.1) is 29.7 Å². The van der Waals surface area contributed by atoms with E-state index in [4.69, 9.17) is 4.74 Å². The average molecular weight is 503 g/mol. The van der Waals surface area contributed by atoms with Crippen LogP contribution in [-0.4, -0.2) is 66.8 Å². The van der Waals surface area contributed by atoms with E-state index in [1.807, 2.05) is 38.9 Å². The van der Waals surface area contributed by atoms with Gasteiger partial charge in [0.15, 0.2) is 0 Å². The van der Waals surface area contributed by atoms with Gasteiger partial charge in [-0.25, -0.2) is 13.5 Å². The van der Waals surface area contributed by atoms with E-state index in [1.165, 1.54) is 0 Å². The van der Waals surface area contributed by atoms with Gasteiger partial charge in [-0.3, -0.25) is 4.68 Å². The van der Waals surface area contributed by atoms with Gasteiger partial charge in [-0.15, -0.1) is 0 Å². The first-order chi connectivity index (χ1) is 15.8. The van der Waals surface area contributed by atoms with Crippen LogP contribution in [0.15, 0.2) is 36.9 Å². The van der Waals surface area contributed by atoms with E-state index in [2.05, 4.69) is 48.1 Å². The minimum Gasteiger partial charge on any atom is -0.412 e. The van der Waals surface area contributed by atoms with Gasteiger partial charge in [-0.2, -0.15) is 10.4 Å². The quantitative estimate of drug-likeness (QED) is 0.312. The molecule has 0 amide bonds. The Hall–Kier alpha value is -2.36. The Bertz CT molecular complexity index is 1190. The van der Waals surface area contributed by atoms with E-state index in [9.17, 15) is 9.47 Å². The zero-order chi connectivity index (χ0) is 23.6. The van der Waals surface area contributed by atoms with Crippen LogP contribution in [0.25, 0.3) is 22.2 Å². The highest BCUT2D eigenvalue weighted by Crippen LogP contribution is 2.36. The van der Waals surface area contributed by atoms with Crippen LogP contribution in [0.2, 0.25) is 25.7 Å². The third-order valence-corrected chi connectivity index (χ3v) is 9.16. The highest BCUT2D eigenvalue weighted by molar-refractivity contribution is 7.82. The monoisotopic (exact) mass is 502 g/mol. The topological polar surface area (TPSA) is 120 Å². The minimum absolute atomic E-state index is 0. The smallest absolute Gasteiger partial charge is 0.142 e. The van der Waals surface area contributed by atoms with Crippen molar-refractivity contribution in [2.45, 2.75) is 51.3 Å². The lowest BCUT2D eigenvalue weighted by Gasteiger charge is -2.47. The minimum atomic E-state index is -1.14. The summed E-state index contributed by atoms with van der Waals surface area (Å²) in [6, 6.07) is 7.42. The molecule has 1 aliphatic rings. The molecule has 2 N–H and O–H groups in total. The van der Waals surface area contributed by atoms with Crippen LogP contribution in [0.1, 0.15) is 13.3 Å². The number of ether oxygens (including phenoxy) is 1. The lowest BCUT2D eigenvalue weighted by atomic mass is 9.89. The summed E-state index contributed by atoms with van der Waals surface area (Å²) >= 11 is 0. The summed E-state index contributed by atoms with van der Waals surface area (Å²) in [4.78, 5) is 4.59. The zero-order valence-electron chi connectivity index (χ0n) is 20.3. The molecular weight excluding hydrogens is 468 g/mol. The van der Waals surface area contributed by atoms with Crippen molar-refractivity contribution in [1.29, 1.82) is 5.26 Å². The summed E-state index contributed by atoms with van der Waals surface area (Å²) in [6.07, 6.45) is 8.05. The fraction of sp³-hybridized carbons (Fsp3) is 0.522.